The topological polar surface area (TPSA) is 119 Å². The second kappa shape index (κ2) is 9.67. The number of sulfonamides is 1. The van der Waals surface area contributed by atoms with E-state index in [2.05, 4.69) is 14.2 Å². The van der Waals surface area contributed by atoms with Gasteiger partial charge in [-0.25, -0.2) is 13.1 Å². The Morgan fingerprint density at radius 3 is 2.07 bits per heavy atom. The Bertz CT molecular complexity index is 806. The van der Waals surface area contributed by atoms with Crippen molar-refractivity contribution in [1.29, 1.82) is 0 Å². The molecule has 0 radical (unpaired) electrons. The van der Waals surface area contributed by atoms with Crippen molar-refractivity contribution in [2.45, 2.75) is 24.8 Å². The number of benzene rings is 1. The van der Waals surface area contributed by atoms with Crippen LogP contribution < -0.4 is 4.72 Å². The average molecular weight is 421 g/mol. The minimum Gasteiger partial charge on any atom is -0.468 e. The second-order valence-electron chi connectivity index (χ2n) is 5.73. The number of halogens is 1. The van der Waals surface area contributed by atoms with Gasteiger partial charge in [-0.1, -0.05) is 11.6 Å². The third-order valence-electron chi connectivity index (χ3n) is 3.25. The number of ether oxygens (including phenoxy) is 2. The van der Waals surface area contributed by atoms with Crippen LogP contribution in [-0.2, 0) is 29.1 Å². The third-order valence-corrected chi connectivity index (χ3v) is 5.24. The summed E-state index contributed by atoms with van der Waals surface area (Å²) in [4.78, 5) is 36.6. The molecule has 0 heterocycles. The highest BCUT2D eigenvalue weighted by Crippen LogP contribution is 2.22. The highest BCUT2D eigenvalue weighted by molar-refractivity contribution is 7.89. The van der Waals surface area contributed by atoms with Gasteiger partial charge in [0, 0.05) is 6.04 Å². The molecule has 1 aromatic carbocycles. The Kier molecular flexibility index (Phi) is 8.20. The van der Waals surface area contributed by atoms with E-state index >= 15 is 0 Å². The summed E-state index contributed by atoms with van der Waals surface area (Å²) in [6.45, 7) is 2.21. The lowest BCUT2D eigenvalue weighted by molar-refractivity contribution is -0.144. The fourth-order valence-electron chi connectivity index (χ4n) is 2.02. The molecule has 150 valence electrons. The van der Waals surface area contributed by atoms with Gasteiger partial charge in [-0.3, -0.25) is 14.4 Å². The van der Waals surface area contributed by atoms with Crippen molar-refractivity contribution in [3.05, 3.63) is 28.8 Å². The van der Waals surface area contributed by atoms with E-state index in [-0.39, 0.29) is 21.5 Å². The van der Waals surface area contributed by atoms with Gasteiger partial charge >= 0.3 is 11.9 Å². The zero-order chi connectivity index (χ0) is 20.8. The van der Waals surface area contributed by atoms with Crippen molar-refractivity contribution in [3.8, 4) is 0 Å². The first-order valence-corrected chi connectivity index (χ1v) is 9.62. The van der Waals surface area contributed by atoms with Gasteiger partial charge in [0.1, 0.15) is 13.1 Å². The monoisotopic (exact) mass is 420 g/mol. The number of carbonyl (C=O) groups is 3. The predicted molar refractivity (Wildman–Crippen MR) is 96.8 cm³/mol. The van der Waals surface area contributed by atoms with Gasteiger partial charge in [0.15, 0.2) is 0 Å². The second-order valence-corrected chi connectivity index (χ2v) is 7.85. The number of nitrogens with one attached hydrogen (secondary N) is 1. The lowest BCUT2D eigenvalue weighted by Gasteiger charge is -2.21. The molecule has 0 unspecified atom stereocenters. The SMILES string of the molecule is COC(=O)CN(CC(=O)OC)C(=O)c1cc(S(=O)(=O)NC(C)C)ccc1Cl. The third kappa shape index (κ3) is 6.49. The molecule has 0 saturated carbocycles. The molecule has 0 spiro atoms. The van der Waals surface area contributed by atoms with E-state index in [0.29, 0.717) is 0 Å². The number of hydrogen-bond donors (Lipinski definition) is 1. The molecular formula is C16H21ClN2O7S. The summed E-state index contributed by atoms with van der Waals surface area (Å²) in [6, 6.07) is 3.21. The number of amides is 1. The first-order valence-electron chi connectivity index (χ1n) is 7.76. The molecule has 1 N–H and O–H groups in total. The Morgan fingerprint density at radius 2 is 1.63 bits per heavy atom. The summed E-state index contributed by atoms with van der Waals surface area (Å²) in [7, 11) is -1.62. The van der Waals surface area contributed by atoms with Gasteiger partial charge in [0.25, 0.3) is 5.91 Å². The van der Waals surface area contributed by atoms with Crippen LogP contribution in [-0.4, -0.2) is 64.5 Å². The highest BCUT2D eigenvalue weighted by atomic mass is 35.5. The van der Waals surface area contributed by atoms with Crippen LogP contribution in [0.5, 0.6) is 0 Å². The number of methoxy groups -OCH3 is 2. The van der Waals surface area contributed by atoms with Crippen LogP contribution in [0.25, 0.3) is 0 Å². The van der Waals surface area contributed by atoms with E-state index in [4.69, 9.17) is 11.6 Å². The average Bonchev–Trinajstić information content (AvgIpc) is 2.59. The molecule has 0 saturated heterocycles. The summed E-state index contributed by atoms with van der Waals surface area (Å²) in [6.07, 6.45) is 0. The molecule has 0 bridgehead atoms. The first-order chi connectivity index (χ1) is 12.5. The van der Waals surface area contributed by atoms with Crippen molar-refractivity contribution < 1.29 is 32.3 Å². The van der Waals surface area contributed by atoms with E-state index in [1.165, 1.54) is 12.1 Å². The van der Waals surface area contributed by atoms with Crippen molar-refractivity contribution in [2.75, 3.05) is 27.3 Å². The maximum absolute atomic E-state index is 12.8. The lowest BCUT2D eigenvalue weighted by atomic mass is 10.2. The number of nitrogens with zero attached hydrogens (tertiary/aromatic N) is 1. The van der Waals surface area contributed by atoms with Crippen LogP contribution in [0.1, 0.15) is 24.2 Å². The Morgan fingerprint density at radius 1 is 1.11 bits per heavy atom. The molecular weight excluding hydrogens is 400 g/mol. The van der Waals surface area contributed by atoms with Crippen molar-refractivity contribution in [3.63, 3.8) is 0 Å². The molecule has 0 aliphatic heterocycles. The molecule has 27 heavy (non-hydrogen) atoms. The minimum atomic E-state index is -3.88. The Labute approximate surface area is 162 Å². The Hall–Kier alpha value is -2.17. The number of hydrogen-bond acceptors (Lipinski definition) is 7. The maximum atomic E-state index is 12.8. The van der Waals surface area contributed by atoms with E-state index in [1.807, 2.05) is 0 Å². The van der Waals surface area contributed by atoms with Crippen molar-refractivity contribution >= 4 is 39.5 Å². The van der Waals surface area contributed by atoms with Crippen LogP contribution in [0.4, 0.5) is 0 Å². The molecule has 0 aliphatic carbocycles. The fourth-order valence-corrected chi connectivity index (χ4v) is 3.50. The van der Waals surface area contributed by atoms with Crippen molar-refractivity contribution in [1.82, 2.24) is 9.62 Å². The van der Waals surface area contributed by atoms with Gasteiger partial charge in [0.05, 0.1) is 29.7 Å². The van der Waals surface area contributed by atoms with Gasteiger partial charge in [-0.2, -0.15) is 0 Å². The fraction of sp³-hybridized carbons (Fsp3) is 0.438. The van der Waals surface area contributed by atoms with Crippen molar-refractivity contribution in [2.24, 2.45) is 0 Å². The standard InChI is InChI=1S/C16H21ClN2O7S/c1-10(2)18-27(23,24)11-5-6-13(17)12(7-11)16(22)19(8-14(20)25-3)9-15(21)26-4/h5-7,10,18H,8-9H2,1-4H3. The molecule has 0 atom stereocenters. The minimum absolute atomic E-state index is 0.0387. The zero-order valence-electron chi connectivity index (χ0n) is 15.3. The Balaban J connectivity index is 3.30. The summed E-state index contributed by atoms with van der Waals surface area (Å²) >= 11 is 6.04. The molecule has 11 heteroatoms. The van der Waals surface area contributed by atoms with E-state index in [0.717, 1.165) is 25.2 Å². The lowest BCUT2D eigenvalue weighted by Crippen LogP contribution is -2.40. The van der Waals surface area contributed by atoms with Crippen LogP contribution >= 0.6 is 11.6 Å². The number of carbonyl (C=O) groups excluding carboxylic acids is 3. The summed E-state index contributed by atoms with van der Waals surface area (Å²) < 4.78 is 36.0. The van der Waals surface area contributed by atoms with Gasteiger partial charge in [-0.05, 0) is 32.0 Å². The number of esters is 2. The number of rotatable bonds is 8. The summed E-state index contributed by atoms with van der Waals surface area (Å²) in [5, 5.41) is -0.0387. The molecule has 0 aromatic heterocycles. The molecule has 1 aromatic rings. The highest BCUT2D eigenvalue weighted by Gasteiger charge is 2.26. The van der Waals surface area contributed by atoms with Crippen LogP contribution in [0.15, 0.2) is 23.1 Å². The normalized spacial score (nSPS) is 11.2. The van der Waals surface area contributed by atoms with Crippen LogP contribution in [0.2, 0.25) is 5.02 Å². The molecule has 0 fully saturated rings. The van der Waals surface area contributed by atoms with Gasteiger partial charge in [-0.15, -0.1) is 0 Å². The van der Waals surface area contributed by atoms with Gasteiger partial charge < -0.3 is 14.4 Å². The van der Waals surface area contributed by atoms with E-state index in [1.54, 1.807) is 13.8 Å². The first kappa shape index (κ1) is 22.9. The molecule has 0 aliphatic rings. The van der Waals surface area contributed by atoms with Gasteiger partial charge in [0.2, 0.25) is 10.0 Å². The molecule has 1 rings (SSSR count). The zero-order valence-corrected chi connectivity index (χ0v) is 16.9. The molecule has 9 nitrogen and oxygen atoms in total. The maximum Gasteiger partial charge on any atom is 0.325 e. The quantitative estimate of drug-likeness (QED) is 0.618. The van der Waals surface area contributed by atoms with E-state index in [9.17, 15) is 22.8 Å². The van der Waals surface area contributed by atoms with Crippen LogP contribution in [0, 0.1) is 0 Å². The van der Waals surface area contributed by atoms with E-state index < -0.39 is 41.0 Å². The predicted octanol–water partition coefficient (Wildman–Crippen LogP) is 0.815. The summed E-state index contributed by atoms with van der Waals surface area (Å²) in [5.41, 5.74) is -0.184. The molecule has 1 amide bonds. The smallest absolute Gasteiger partial charge is 0.325 e. The summed E-state index contributed by atoms with van der Waals surface area (Å²) in [5.74, 6) is -2.36. The largest absolute Gasteiger partial charge is 0.468 e. The van der Waals surface area contributed by atoms with Crippen LogP contribution in [0.3, 0.4) is 0 Å².